The number of hydrogen-bond donors (Lipinski definition) is 9. The van der Waals surface area contributed by atoms with E-state index in [2.05, 4.69) is 247 Å². The van der Waals surface area contributed by atoms with Crippen LogP contribution in [0.1, 0.15) is 125 Å². The number of nitrogens with one attached hydrogen (secondary N) is 5. The Balaban J connectivity index is 0.000000247. The molecule has 25 nitrogen and oxygen atoms in total. The fourth-order valence-corrected chi connectivity index (χ4v) is 11.2. The number of nitrogens with zero attached hydrogens (tertiary/aromatic N) is 10. The lowest BCUT2D eigenvalue weighted by Gasteiger charge is -2.29. The van der Waals surface area contributed by atoms with Gasteiger partial charge in [-0.15, -0.1) is 0 Å². The molecule has 2 amide bonds. The number of nitro benzene ring substituents is 2. The maximum atomic E-state index is 12.3. The number of para-hydroxylation sites is 4. The third kappa shape index (κ3) is 32.1. The fourth-order valence-electron chi connectivity index (χ4n) is 9.22. The summed E-state index contributed by atoms with van der Waals surface area (Å²) in [5.41, 5.74) is 18.1. The highest BCUT2D eigenvalue weighted by atomic mass is 79.9. The number of rotatable bonds is 15. The first-order chi connectivity index (χ1) is 54.7. The minimum Gasteiger partial charge on any atom is -0.423 e. The fraction of sp³-hybridized carbons (Fsp3) is 0.302. The molecule has 11 rings (SSSR count). The van der Waals surface area contributed by atoms with Gasteiger partial charge in [0, 0.05) is 152 Å². The average molecular weight is 1910 g/mol. The van der Waals surface area contributed by atoms with Crippen LogP contribution in [-0.2, 0) is 9.59 Å². The van der Waals surface area contributed by atoms with Crippen molar-refractivity contribution in [1.82, 2.24) is 39.9 Å². The molecule has 0 fully saturated rings. The summed E-state index contributed by atoms with van der Waals surface area (Å²) in [6.45, 7) is 37.1. The van der Waals surface area contributed by atoms with Crippen LogP contribution < -0.4 is 43.5 Å². The molecule has 0 aliphatic heterocycles. The zero-order valence-corrected chi connectivity index (χ0v) is 76.8. The second-order valence-corrected chi connectivity index (χ2v) is 36.3. The Labute approximate surface area is 728 Å². The van der Waals surface area contributed by atoms with E-state index in [4.69, 9.17) is 11.5 Å². The highest BCUT2D eigenvalue weighted by Gasteiger charge is 2.30. The second-order valence-electron chi connectivity index (χ2n) is 31.8. The highest BCUT2D eigenvalue weighted by molar-refractivity contribution is 9.11. The van der Waals surface area contributed by atoms with E-state index in [1.807, 2.05) is 112 Å². The van der Waals surface area contributed by atoms with E-state index >= 15 is 0 Å². The van der Waals surface area contributed by atoms with Gasteiger partial charge in [0.05, 0.1) is 26.7 Å². The standard InChI is InChI=1S/C16H21N3.C15H15BrN4O3.C15H16BrN3O.C12H20BNO2.C12H18BrN.C10H7BrN4O2.C6H6BrN/c1-12(16(2,3)4)19-14-9-6-5-8-13(14)15-17-10-7-11-18-15;1-15(2,3)14(21)19-12-10(13-17-5-4-6-18-13)7-9(16)8-11(12)20(22)23;1-15(2,3)14(20)19-12-6-5-10(16)9-11(12)13-17-7-4-8-18-13;1-9(12(2,3)4)14-11-8-6-5-7-10(11)13(15)16;1-9(12(2,3)4)14-11-8-6-5-7-10(11)13;11-6-4-7(10-13-2-1-3-14-10)9(12)8(5-6)15(16)17;7-5-3-1-2-4-6(5)8/h5-12,19H,1-4H3;4-8H,1-3H3,(H,19,21);4-9H,1-3H3,(H,19,20);5-9,14-16H,1-4H3;5-9,14H,1-4H3;1-5H,12H2;1-4H,8H2. The molecule has 7 aromatic carbocycles. The average Bonchev–Trinajstić information content (AvgIpc) is 0.801. The van der Waals surface area contributed by atoms with Crippen LogP contribution in [-0.4, -0.2) is 96.8 Å². The van der Waals surface area contributed by atoms with Crippen LogP contribution >= 0.6 is 79.6 Å². The van der Waals surface area contributed by atoms with Gasteiger partial charge in [0.15, 0.2) is 23.3 Å². The van der Waals surface area contributed by atoms with Crippen molar-refractivity contribution in [2.75, 3.05) is 38.1 Å². The molecule has 3 atom stereocenters. The molecule has 11 N–H and O–H groups in total. The third-order valence-electron chi connectivity index (χ3n) is 17.6. The van der Waals surface area contributed by atoms with Crippen LogP contribution in [0.15, 0.2) is 236 Å². The molecule has 3 unspecified atom stereocenters. The van der Waals surface area contributed by atoms with Gasteiger partial charge in [-0.1, -0.05) is 206 Å². The van der Waals surface area contributed by atoms with Crippen molar-refractivity contribution < 1.29 is 29.5 Å². The minimum atomic E-state index is -1.43. The van der Waals surface area contributed by atoms with Gasteiger partial charge in [-0.25, -0.2) is 39.9 Å². The van der Waals surface area contributed by atoms with Gasteiger partial charge in [-0.2, -0.15) is 0 Å². The summed E-state index contributed by atoms with van der Waals surface area (Å²) in [6.07, 6.45) is 13.1. The lowest BCUT2D eigenvalue weighted by atomic mass is 9.78. The molecule has 0 aliphatic rings. The maximum absolute atomic E-state index is 12.3. The Morgan fingerprint density at radius 2 is 0.744 bits per heavy atom. The molecular formula is C86H103BBr5N17O8. The van der Waals surface area contributed by atoms with E-state index in [0.29, 0.717) is 60.8 Å². The summed E-state index contributed by atoms with van der Waals surface area (Å²) in [5.74, 6) is 1.61. The van der Waals surface area contributed by atoms with Crippen molar-refractivity contribution in [2.24, 2.45) is 27.1 Å². The SMILES string of the molecule is CC(C)(C)C(=O)Nc1c(-c2ncccn2)cc(Br)cc1[N+](=O)[O-].CC(C)(C)C(=O)Nc1ccc(Br)cc1-c1ncccn1.CC(Nc1ccccc1-c1ncccn1)C(C)(C)C.CC(Nc1ccccc1B(O)O)C(C)(C)C.CC(Nc1ccccc1Br)C(C)(C)C.Nc1c(-c2ncccn2)cc(Br)cc1[N+](=O)[O-].Nc1ccccc1Br. The predicted molar refractivity (Wildman–Crippen MR) is 493 cm³/mol. The van der Waals surface area contributed by atoms with E-state index in [1.54, 1.807) is 100 Å². The molecule has 4 aromatic heterocycles. The van der Waals surface area contributed by atoms with Crippen molar-refractivity contribution >= 4 is 155 Å². The van der Waals surface area contributed by atoms with Crippen molar-refractivity contribution in [3.8, 4) is 45.6 Å². The van der Waals surface area contributed by atoms with Crippen LogP contribution in [0.3, 0.4) is 0 Å². The molecule has 0 saturated heterocycles. The van der Waals surface area contributed by atoms with Gasteiger partial charge in [0.1, 0.15) is 11.4 Å². The van der Waals surface area contributed by atoms with Crippen LogP contribution in [0, 0.1) is 47.3 Å². The first-order valence-electron chi connectivity index (χ1n) is 37.0. The zero-order valence-electron chi connectivity index (χ0n) is 68.9. The van der Waals surface area contributed by atoms with Crippen molar-refractivity contribution in [3.05, 3.63) is 256 Å². The molecule has 0 radical (unpaired) electrons. The van der Waals surface area contributed by atoms with E-state index < -0.39 is 27.8 Å². The largest absolute Gasteiger partial charge is 0.490 e. The number of nitro groups is 2. The van der Waals surface area contributed by atoms with Crippen LogP contribution in [0.25, 0.3) is 45.6 Å². The number of amides is 2. The van der Waals surface area contributed by atoms with Crippen LogP contribution in [0.2, 0.25) is 0 Å². The highest BCUT2D eigenvalue weighted by Crippen LogP contribution is 2.40. The summed E-state index contributed by atoms with van der Waals surface area (Å²) in [6, 6.07) is 50.8. The van der Waals surface area contributed by atoms with Crippen molar-refractivity contribution in [1.29, 1.82) is 0 Å². The summed E-state index contributed by atoms with van der Waals surface area (Å²) >= 11 is 16.7. The summed E-state index contributed by atoms with van der Waals surface area (Å²) < 4.78 is 4.05. The zero-order chi connectivity index (χ0) is 87.3. The number of aromatic nitrogens is 8. The van der Waals surface area contributed by atoms with Crippen molar-refractivity contribution in [2.45, 2.75) is 143 Å². The van der Waals surface area contributed by atoms with Crippen LogP contribution in [0.4, 0.5) is 51.2 Å². The number of hydrogen-bond acceptors (Lipinski definition) is 21. The van der Waals surface area contributed by atoms with Gasteiger partial charge >= 0.3 is 7.12 Å². The Morgan fingerprint density at radius 1 is 0.393 bits per heavy atom. The third-order valence-corrected chi connectivity index (χ3v) is 20.4. The van der Waals surface area contributed by atoms with Crippen LogP contribution in [0.5, 0.6) is 0 Å². The van der Waals surface area contributed by atoms with Gasteiger partial charge < -0.3 is 48.1 Å². The number of nitrogen functional groups attached to an aromatic ring is 2. The summed E-state index contributed by atoms with van der Waals surface area (Å²) in [5, 5.41) is 56.6. The van der Waals surface area contributed by atoms with Gasteiger partial charge in [0.2, 0.25) is 11.8 Å². The Hall–Kier alpha value is -10.0. The van der Waals surface area contributed by atoms with Gasteiger partial charge in [-0.3, -0.25) is 29.8 Å². The van der Waals surface area contributed by atoms with E-state index in [0.717, 1.165) is 53.1 Å². The van der Waals surface area contributed by atoms with E-state index in [9.17, 15) is 39.9 Å². The van der Waals surface area contributed by atoms with E-state index in [-0.39, 0.29) is 56.9 Å². The minimum absolute atomic E-state index is 0.0444. The second kappa shape index (κ2) is 45.1. The molecule has 0 aliphatic carbocycles. The first kappa shape index (κ1) is 97.6. The van der Waals surface area contributed by atoms with Crippen molar-refractivity contribution in [3.63, 3.8) is 0 Å². The number of halogens is 5. The molecule has 0 spiro atoms. The number of carbonyl (C=O) groups is 2. The molecule has 31 heteroatoms. The Bertz CT molecular complexity index is 5020. The lowest BCUT2D eigenvalue weighted by molar-refractivity contribution is -0.384. The smallest absolute Gasteiger partial charge is 0.423 e. The molecule has 0 saturated carbocycles. The molecule has 618 valence electrons. The number of anilines is 7. The number of carbonyl (C=O) groups excluding carboxylic acids is 2. The summed E-state index contributed by atoms with van der Waals surface area (Å²) in [4.78, 5) is 78.9. The predicted octanol–water partition coefficient (Wildman–Crippen LogP) is 21.6. The Kier molecular flexibility index (Phi) is 37.6. The molecule has 11 aromatic rings. The maximum Gasteiger partial charge on any atom is 0.490 e. The number of nitrogens with two attached hydrogens (primary N) is 2. The molecule has 4 heterocycles. The van der Waals surface area contributed by atoms with Gasteiger partial charge in [-0.05, 0) is 166 Å². The molecule has 117 heavy (non-hydrogen) atoms. The lowest BCUT2D eigenvalue weighted by Crippen LogP contribution is -2.37. The molecule has 0 bridgehead atoms. The quantitative estimate of drug-likeness (QED) is 0.0199. The summed E-state index contributed by atoms with van der Waals surface area (Å²) in [7, 11) is -1.43. The van der Waals surface area contributed by atoms with E-state index in [1.165, 1.54) is 24.5 Å². The normalized spacial score (nSPS) is 11.8. The number of benzene rings is 7. The first-order valence-corrected chi connectivity index (χ1v) is 41.0. The monoisotopic (exact) mass is 1910 g/mol. The topological polar surface area (TPSA) is 376 Å². The Morgan fingerprint density at radius 3 is 1.16 bits per heavy atom. The molecular weight excluding hydrogens is 1810 g/mol. The van der Waals surface area contributed by atoms with Gasteiger partial charge in [0.25, 0.3) is 11.4 Å².